The van der Waals surface area contributed by atoms with Crippen LogP contribution in [-0.4, -0.2) is 22.6 Å². The summed E-state index contributed by atoms with van der Waals surface area (Å²) < 4.78 is 11.6. The second-order valence-corrected chi connectivity index (χ2v) is 16.7. The summed E-state index contributed by atoms with van der Waals surface area (Å²) >= 11 is 0. The number of hydrogen-bond donors (Lipinski definition) is 0. The van der Waals surface area contributed by atoms with Crippen molar-refractivity contribution in [2.75, 3.05) is 0 Å². The fourth-order valence-electron chi connectivity index (χ4n) is 2.52. The lowest BCUT2D eigenvalue weighted by Gasteiger charge is -2.31. The highest BCUT2D eigenvalue weighted by Crippen LogP contribution is 2.22. The fraction of sp³-hybridized carbons (Fsp3) is 0.550. The number of carbonyl (C=O) groups excluding carboxylic acids is 1. The number of ether oxygens (including phenoxy) is 1. The third-order valence-electron chi connectivity index (χ3n) is 3.31. The smallest absolute Gasteiger partial charge is 0.338 e. The first-order valence-electron chi connectivity index (χ1n) is 8.15. The van der Waals surface area contributed by atoms with Gasteiger partial charge < -0.3 is 8.85 Å². The van der Waals surface area contributed by atoms with Crippen LogP contribution in [0.1, 0.15) is 33.8 Å². The lowest BCUT2D eigenvalue weighted by molar-refractivity contribution is -0.130. The maximum atomic E-state index is 11.5. The zero-order chi connectivity index (χ0) is 17.7. The highest BCUT2D eigenvalue weighted by atomic mass is 28.4. The number of benzene rings is 1. The zero-order valence-electron chi connectivity index (χ0n) is 15.4. The molecule has 144 valence electrons. The van der Waals surface area contributed by atoms with Crippen molar-refractivity contribution < 1.29 is 13.6 Å². The van der Waals surface area contributed by atoms with Crippen LogP contribution >= 0.6 is 0 Å². The molecule has 0 aliphatic carbocycles. The number of rotatable bonds is 8. The molecule has 0 saturated carbocycles. The maximum absolute atomic E-state index is 11.5. The van der Waals surface area contributed by atoms with Gasteiger partial charge in [-0.05, 0) is 76.2 Å². The molecule has 1 aromatic rings. The van der Waals surface area contributed by atoms with Crippen LogP contribution in [-0.2, 0) is 15.3 Å². The van der Waals surface area contributed by atoms with Crippen LogP contribution in [0.25, 0.3) is 0 Å². The maximum Gasteiger partial charge on any atom is 0.338 e. The molecule has 0 N–H and O–H groups in total. The lowest BCUT2D eigenvalue weighted by atomic mass is 10.1. The van der Waals surface area contributed by atoms with Crippen molar-refractivity contribution in [2.45, 2.75) is 73.4 Å². The quantitative estimate of drug-likeness (QED) is 0.225. The molecule has 0 aliphatic rings. The molecule has 0 unspecified atom stereocenters. The molecule has 1 rings (SSSR count). The minimum atomic E-state index is -1.56. The van der Waals surface area contributed by atoms with E-state index in [1.807, 2.05) is 24.3 Å². The summed E-state index contributed by atoms with van der Waals surface area (Å²) in [7, 11) is -3.00. The Labute approximate surface area is 157 Å². The standard InChI is InChI=1S/C18H30O3Si2.2CH4/c1-15(2)18(19)20-17-12-10-16(11-13-17)9-8-14-23(6,7)21-22(3,4)5;;/h10-13H,1,8-9,14H2,2-7H3;2*1H4. The average Bonchev–Trinajstić information content (AvgIpc) is 2.37. The molecule has 1 aromatic carbocycles. The Morgan fingerprint density at radius 2 is 1.56 bits per heavy atom. The molecule has 0 aliphatic heterocycles. The molecule has 0 aromatic heterocycles. The van der Waals surface area contributed by atoms with Gasteiger partial charge >= 0.3 is 5.97 Å². The average molecular weight is 383 g/mol. The molecule has 0 amide bonds. The Morgan fingerprint density at radius 3 is 2.00 bits per heavy atom. The summed E-state index contributed by atoms with van der Waals surface area (Å²) in [6, 6.07) is 8.90. The van der Waals surface area contributed by atoms with Gasteiger partial charge in [-0.25, -0.2) is 4.79 Å². The van der Waals surface area contributed by atoms with Crippen molar-refractivity contribution in [2.24, 2.45) is 0 Å². The van der Waals surface area contributed by atoms with Gasteiger partial charge in [0.25, 0.3) is 0 Å². The predicted octanol–water partition coefficient (Wildman–Crippen LogP) is 6.43. The lowest BCUT2D eigenvalue weighted by Crippen LogP contribution is -2.42. The van der Waals surface area contributed by atoms with Gasteiger partial charge in [-0.2, -0.15) is 0 Å². The molecule has 0 fully saturated rings. The third-order valence-corrected chi connectivity index (χ3v) is 9.53. The summed E-state index contributed by atoms with van der Waals surface area (Å²) in [5, 5.41) is 0. The molecule has 3 nitrogen and oxygen atoms in total. The monoisotopic (exact) mass is 382 g/mol. The van der Waals surface area contributed by atoms with Crippen molar-refractivity contribution in [1.29, 1.82) is 0 Å². The van der Waals surface area contributed by atoms with E-state index in [0.717, 1.165) is 12.8 Å². The number of aryl methyl sites for hydroxylation is 1. The van der Waals surface area contributed by atoms with Gasteiger partial charge in [0, 0.05) is 5.57 Å². The van der Waals surface area contributed by atoms with Crippen LogP contribution < -0.4 is 4.74 Å². The molecular weight excluding hydrogens is 344 g/mol. The van der Waals surface area contributed by atoms with E-state index < -0.39 is 16.6 Å². The highest BCUT2D eigenvalue weighted by molar-refractivity contribution is 6.84. The van der Waals surface area contributed by atoms with Crippen molar-refractivity contribution in [3.05, 3.63) is 42.0 Å². The summed E-state index contributed by atoms with van der Waals surface area (Å²) in [6.45, 7) is 16.6. The normalized spacial score (nSPS) is 11.1. The zero-order valence-corrected chi connectivity index (χ0v) is 17.4. The van der Waals surface area contributed by atoms with Gasteiger partial charge in [-0.15, -0.1) is 0 Å². The van der Waals surface area contributed by atoms with E-state index in [9.17, 15) is 4.79 Å². The molecule has 0 atom stereocenters. The minimum Gasteiger partial charge on any atom is -0.456 e. The van der Waals surface area contributed by atoms with E-state index >= 15 is 0 Å². The van der Waals surface area contributed by atoms with E-state index in [4.69, 9.17) is 8.85 Å². The molecule has 0 heterocycles. The summed E-state index contributed by atoms with van der Waals surface area (Å²) in [5.41, 5.74) is 1.67. The predicted molar refractivity (Wildman–Crippen MR) is 115 cm³/mol. The number of hydrogen-bond acceptors (Lipinski definition) is 3. The van der Waals surface area contributed by atoms with Crippen LogP contribution in [0.5, 0.6) is 5.75 Å². The Kier molecular flexibility index (Phi) is 11.2. The molecule has 0 bridgehead atoms. The second kappa shape index (κ2) is 10.7. The van der Waals surface area contributed by atoms with Crippen LogP contribution in [0.2, 0.25) is 38.8 Å². The number of carbonyl (C=O) groups is 1. The third kappa shape index (κ3) is 11.1. The molecule has 25 heavy (non-hydrogen) atoms. The minimum absolute atomic E-state index is 0. The molecule has 0 radical (unpaired) electrons. The summed E-state index contributed by atoms with van der Waals surface area (Å²) in [4.78, 5) is 11.5. The Balaban J connectivity index is 0. The van der Waals surface area contributed by atoms with Gasteiger partial charge in [0.2, 0.25) is 0 Å². The van der Waals surface area contributed by atoms with Crippen molar-refractivity contribution in [3.8, 4) is 5.75 Å². The SMILES string of the molecule is C.C.C=C(C)C(=O)Oc1ccc(CCC[Si](C)(C)O[Si](C)(C)C)cc1. The van der Waals surface area contributed by atoms with E-state index in [-0.39, 0.29) is 20.8 Å². The summed E-state index contributed by atoms with van der Waals surface area (Å²) in [5.74, 6) is 0.188. The van der Waals surface area contributed by atoms with Crippen LogP contribution in [0.4, 0.5) is 0 Å². The van der Waals surface area contributed by atoms with E-state index in [1.54, 1.807) is 6.92 Å². The first-order chi connectivity index (χ1) is 10.5. The van der Waals surface area contributed by atoms with Gasteiger partial charge in [0.05, 0.1) is 0 Å². The van der Waals surface area contributed by atoms with Crippen LogP contribution in [0.3, 0.4) is 0 Å². The van der Waals surface area contributed by atoms with Crippen molar-refractivity contribution >= 4 is 22.6 Å². The summed E-state index contributed by atoms with van der Waals surface area (Å²) in [6.07, 6.45) is 2.16. The van der Waals surface area contributed by atoms with E-state index in [0.29, 0.717) is 11.3 Å². The van der Waals surface area contributed by atoms with Gasteiger partial charge in [-0.1, -0.05) is 33.6 Å². The second-order valence-electron chi connectivity index (χ2n) is 7.64. The molecule has 5 heteroatoms. The first kappa shape index (κ1) is 26.1. The Hall–Kier alpha value is -1.18. The van der Waals surface area contributed by atoms with Crippen LogP contribution in [0, 0.1) is 0 Å². The molecule has 0 spiro atoms. The highest BCUT2D eigenvalue weighted by Gasteiger charge is 2.28. The Bertz CT molecular complexity index is 543. The fourth-order valence-corrected chi connectivity index (χ4v) is 10.6. The molecule has 0 saturated heterocycles. The Morgan fingerprint density at radius 1 is 1.04 bits per heavy atom. The largest absolute Gasteiger partial charge is 0.456 e. The first-order valence-corrected chi connectivity index (χ1v) is 14.7. The van der Waals surface area contributed by atoms with E-state index in [2.05, 4.69) is 39.3 Å². The molecular formula is C20H38O3Si2. The van der Waals surface area contributed by atoms with E-state index in [1.165, 1.54) is 11.6 Å². The topological polar surface area (TPSA) is 35.5 Å². The van der Waals surface area contributed by atoms with Gasteiger partial charge in [0.1, 0.15) is 5.75 Å². The van der Waals surface area contributed by atoms with Crippen molar-refractivity contribution in [3.63, 3.8) is 0 Å². The van der Waals surface area contributed by atoms with Gasteiger partial charge in [-0.3, -0.25) is 0 Å². The van der Waals surface area contributed by atoms with Crippen LogP contribution in [0.15, 0.2) is 36.4 Å². The van der Waals surface area contributed by atoms with Gasteiger partial charge in [0.15, 0.2) is 16.6 Å². The number of esters is 1. The van der Waals surface area contributed by atoms with Crippen molar-refractivity contribution in [1.82, 2.24) is 0 Å².